The molecule has 0 aliphatic rings. The van der Waals surface area contributed by atoms with Gasteiger partial charge in [-0.05, 0) is 12.1 Å². The molecule has 5 nitrogen and oxygen atoms in total. The van der Waals surface area contributed by atoms with Crippen LogP contribution in [0.5, 0.6) is 0 Å². The number of sulfonamides is 1. The lowest BCUT2D eigenvalue weighted by Gasteiger charge is -2.18. The van der Waals surface area contributed by atoms with Gasteiger partial charge in [0.2, 0.25) is 0 Å². The fourth-order valence-electron chi connectivity index (χ4n) is 1.37. The molecule has 0 radical (unpaired) electrons. The summed E-state index contributed by atoms with van der Waals surface area (Å²) in [7, 11) is -2.48. The monoisotopic (exact) mass is 255 g/mol. The molecular formula is C10H10FN3O2S. The van der Waals surface area contributed by atoms with Crippen LogP contribution >= 0.6 is 0 Å². The van der Waals surface area contributed by atoms with Gasteiger partial charge in [-0.2, -0.15) is 5.10 Å². The van der Waals surface area contributed by atoms with E-state index in [2.05, 4.69) is 10.2 Å². The number of nitrogens with one attached hydrogen (secondary N) is 1. The average molecular weight is 255 g/mol. The highest BCUT2D eigenvalue weighted by Gasteiger charge is 2.23. The minimum Gasteiger partial charge on any atom is -0.284 e. The van der Waals surface area contributed by atoms with Gasteiger partial charge in [0.15, 0.2) is 0 Å². The normalized spacial score (nSPS) is 11.4. The molecule has 0 saturated carbocycles. The van der Waals surface area contributed by atoms with Crippen LogP contribution in [0.15, 0.2) is 41.6 Å². The first-order valence-corrected chi connectivity index (χ1v) is 6.20. The minimum atomic E-state index is -3.77. The Balaban J connectivity index is 2.46. The summed E-state index contributed by atoms with van der Waals surface area (Å²) in [6, 6.07) is 5.67. The molecule has 0 fully saturated rings. The van der Waals surface area contributed by atoms with Crippen molar-refractivity contribution < 1.29 is 12.8 Å². The molecule has 1 heterocycles. The van der Waals surface area contributed by atoms with Gasteiger partial charge < -0.3 is 0 Å². The summed E-state index contributed by atoms with van der Waals surface area (Å²) in [4.78, 5) is -0.0109. The molecule has 0 unspecified atom stereocenters. The lowest BCUT2D eigenvalue weighted by atomic mass is 10.3. The highest BCUT2D eigenvalue weighted by atomic mass is 32.2. The van der Waals surface area contributed by atoms with E-state index in [9.17, 15) is 12.8 Å². The Morgan fingerprint density at radius 1 is 1.35 bits per heavy atom. The zero-order chi connectivity index (χ0) is 12.5. The van der Waals surface area contributed by atoms with Gasteiger partial charge >= 0.3 is 0 Å². The third-order valence-electron chi connectivity index (χ3n) is 2.32. The lowest BCUT2D eigenvalue weighted by molar-refractivity contribution is 0.590. The Hall–Kier alpha value is -1.89. The zero-order valence-corrected chi connectivity index (χ0v) is 9.78. The summed E-state index contributed by atoms with van der Waals surface area (Å²) in [6.45, 7) is 0. The lowest BCUT2D eigenvalue weighted by Crippen LogP contribution is -2.27. The molecule has 17 heavy (non-hydrogen) atoms. The van der Waals surface area contributed by atoms with Crippen LogP contribution in [0, 0.1) is 5.82 Å². The molecule has 0 aliphatic heterocycles. The quantitative estimate of drug-likeness (QED) is 0.900. The first kappa shape index (κ1) is 11.6. The molecule has 7 heteroatoms. The van der Waals surface area contributed by atoms with Crippen molar-refractivity contribution in [3.8, 4) is 0 Å². The van der Waals surface area contributed by atoms with Gasteiger partial charge in [0.25, 0.3) is 10.0 Å². The van der Waals surface area contributed by atoms with Gasteiger partial charge in [0, 0.05) is 13.2 Å². The van der Waals surface area contributed by atoms with Gasteiger partial charge in [-0.15, -0.1) is 0 Å². The summed E-state index contributed by atoms with van der Waals surface area (Å²) >= 11 is 0. The van der Waals surface area contributed by atoms with Crippen molar-refractivity contribution in [3.63, 3.8) is 0 Å². The first-order valence-electron chi connectivity index (χ1n) is 4.76. The van der Waals surface area contributed by atoms with Crippen LogP contribution in [0.2, 0.25) is 0 Å². The number of H-pyrrole nitrogens is 1. The Kier molecular flexibility index (Phi) is 2.84. The van der Waals surface area contributed by atoms with E-state index in [0.717, 1.165) is 4.31 Å². The van der Waals surface area contributed by atoms with E-state index in [1.54, 1.807) is 6.07 Å². The molecule has 1 aromatic heterocycles. The Morgan fingerprint density at radius 3 is 2.65 bits per heavy atom. The SMILES string of the molecule is CN(c1ccccc1F)S(=O)(=O)c1cn[nH]c1. The Morgan fingerprint density at radius 2 is 2.06 bits per heavy atom. The Bertz CT molecular complexity index is 610. The van der Waals surface area contributed by atoms with Crippen LogP contribution in [0.4, 0.5) is 10.1 Å². The van der Waals surface area contributed by atoms with E-state index < -0.39 is 15.8 Å². The predicted octanol–water partition coefficient (Wildman–Crippen LogP) is 1.37. The van der Waals surface area contributed by atoms with Crippen molar-refractivity contribution in [2.75, 3.05) is 11.4 Å². The molecule has 1 N–H and O–H groups in total. The van der Waals surface area contributed by atoms with Gasteiger partial charge in [0.1, 0.15) is 10.7 Å². The van der Waals surface area contributed by atoms with Crippen LogP contribution in [0.1, 0.15) is 0 Å². The van der Waals surface area contributed by atoms with Crippen molar-refractivity contribution >= 4 is 15.7 Å². The van der Waals surface area contributed by atoms with Gasteiger partial charge in [-0.3, -0.25) is 9.40 Å². The number of anilines is 1. The largest absolute Gasteiger partial charge is 0.284 e. The fourth-order valence-corrected chi connectivity index (χ4v) is 2.49. The molecule has 0 aliphatic carbocycles. The molecule has 0 bridgehead atoms. The van der Waals surface area contributed by atoms with Gasteiger partial charge in [-0.1, -0.05) is 12.1 Å². The van der Waals surface area contributed by atoms with E-state index in [4.69, 9.17) is 0 Å². The van der Waals surface area contributed by atoms with Gasteiger partial charge in [-0.25, -0.2) is 12.8 Å². The number of para-hydroxylation sites is 1. The van der Waals surface area contributed by atoms with E-state index in [-0.39, 0.29) is 10.6 Å². The molecule has 1 aromatic carbocycles. The molecule has 90 valence electrons. The van der Waals surface area contributed by atoms with Crippen molar-refractivity contribution in [1.82, 2.24) is 10.2 Å². The number of benzene rings is 1. The molecule has 0 atom stereocenters. The van der Waals surface area contributed by atoms with Crippen LogP contribution in [-0.4, -0.2) is 25.7 Å². The number of rotatable bonds is 3. The van der Waals surface area contributed by atoms with Crippen LogP contribution in [-0.2, 0) is 10.0 Å². The summed E-state index contributed by atoms with van der Waals surface area (Å²) in [6.07, 6.45) is 2.42. The third kappa shape index (κ3) is 2.01. The number of halogens is 1. The molecule has 0 spiro atoms. The van der Waals surface area contributed by atoms with Crippen LogP contribution < -0.4 is 4.31 Å². The molecule has 0 saturated heterocycles. The first-order chi connectivity index (χ1) is 8.03. The molecule has 2 rings (SSSR count). The van der Waals surface area contributed by atoms with Crippen molar-refractivity contribution in [1.29, 1.82) is 0 Å². The second kappa shape index (κ2) is 4.17. The topological polar surface area (TPSA) is 66.1 Å². The highest BCUT2D eigenvalue weighted by molar-refractivity contribution is 7.92. The third-order valence-corrected chi connectivity index (χ3v) is 4.06. The maximum absolute atomic E-state index is 13.5. The number of nitrogens with zero attached hydrogens (tertiary/aromatic N) is 2. The fraction of sp³-hybridized carbons (Fsp3) is 0.100. The minimum absolute atomic E-state index is 0.00583. The Labute approximate surface area is 97.9 Å². The molecule has 0 amide bonds. The second-order valence-corrected chi connectivity index (χ2v) is 5.33. The number of aromatic amines is 1. The average Bonchev–Trinajstić information content (AvgIpc) is 2.83. The summed E-state index contributed by atoms with van der Waals surface area (Å²) in [5.74, 6) is -0.595. The summed E-state index contributed by atoms with van der Waals surface area (Å²) in [5.41, 5.74) is -0.00583. The van der Waals surface area contributed by atoms with Crippen molar-refractivity contribution in [2.24, 2.45) is 0 Å². The summed E-state index contributed by atoms with van der Waals surface area (Å²) in [5, 5.41) is 5.97. The number of hydrogen-bond donors (Lipinski definition) is 1. The van der Waals surface area contributed by atoms with E-state index in [0.29, 0.717) is 0 Å². The molecular weight excluding hydrogens is 245 g/mol. The highest BCUT2D eigenvalue weighted by Crippen LogP contribution is 2.23. The van der Waals surface area contributed by atoms with Crippen molar-refractivity contribution in [2.45, 2.75) is 4.90 Å². The van der Waals surface area contributed by atoms with Crippen LogP contribution in [0.3, 0.4) is 0 Å². The second-order valence-electron chi connectivity index (χ2n) is 3.36. The smallest absolute Gasteiger partial charge is 0.267 e. The predicted molar refractivity (Wildman–Crippen MR) is 60.6 cm³/mol. The maximum Gasteiger partial charge on any atom is 0.267 e. The maximum atomic E-state index is 13.5. The molecule has 2 aromatic rings. The zero-order valence-electron chi connectivity index (χ0n) is 8.96. The number of hydrogen-bond acceptors (Lipinski definition) is 3. The number of aromatic nitrogens is 2. The van der Waals surface area contributed by atoms with Crippen LogP contribution in [0.25, 0.3) is 0 Å². The van der Waals surface area contributed by atoms with Gasteiger partial charge in [0.05, 0.1) is 11.9 Å². The summed E-state index contributed by atoms with van der Waals surface area (Å²) < 4.78 is 38.5. The van der Waals surface area contributed by atoms with E-state index in [1.165, 1.54) is 37.6 Å². The van der Waals surface area contributed by atoms with Crippen molar-refractivity contribution in [3.05, 3.63) is 42.5 Å². The van der Waals surface area contributed by atoms with E-state index >= 15 is 0 Å². The standard InChI is InChI=1S/C10H10FN3O2S/c1-14(10-5-3-2-4-9(10)11)17(15,16)8-6-12-13-7-8/h2-7H,1H3,(H,12,13). The van der Waals surface area contributed by atoms with E-state index in [1.807, 2.05) is 0 Å².